The average molecular weight is 832 g/mol. The molecule has 3 aliphatic heterocycles. The van der Waals surface area contributed by atoms with Gasteiger partial charge >= 0.3 is 12.1 Å². The number of ketones is 2. The fourth-order valence-corrected chi connectivity index (χ4v) is 9.81. The number of amides is 1. The zero-order valence-corrected chi connectivity index (χ0v) is 36.9. The van der Waals surface area contributed by atoms with E-state index < -0.39 is 82.6 Å². The summed E-state index contributed by atoms with van der Waals surface area (Å²) in [4.78, 5) is 72.5. The summed E-state index contributed by atoms with van der Waals surface area (Å²) >= 11 is 0. The fraction of sp³-hybridized carbons (Fsp3) is 0.767. The molecule has 5 rings (SSSR count). The summed E-state index contributed by atoms with van der Waals surface area (Å²) in [7, 11) is 3.29. The molecule has 3 fully saturated rings. The molecule has 16 heteroatoms. The number of carbonyl (C=O) groups is 4. The summed E-state index contributed by atoms with van der Waals surface area (Å²) in [6.45, 7) is 17.0. The van der Waals surface area contributed by atoms with Crippen LogP contribution in [0.25, 0.3) is 11.2 Å². The molecule has 2 aromatic rings. The second-order valence-corrected chi connectivity index (χ2v) is 17.8. The van der Waals surface area contributed by atoms with Gasteiger partial charge in [-0.2, -0.15) is 0 Å². The number of aromatic amines is 1. The number of nitrogens with one attached hydrogen (secondary N) is 1. The van der Waals surface area contributed by atoms with E-state index in [2.05, 4.69) is 15.0 Å². The third-order valence-corrected chi connectivity index (χ3v) is 13.3. The van der Waals surface area contributed by atoms with Crippen LogP contribution in [0.3, 0.4) is 0 Å². The van der Waals surface area contributed by atoms with Gasteiger partial charge in [0.15, 0.2) is 22.8 Å². The number of rotatable bonds is 11. The van der Waals surface area contributed by atoms with E-state index in [1.807, 2.05) is 37.9 Å². The van der Waals surface area contributed by atoms with Gasteiger partial charge in [0, 0.05) is 50.1 Å². The number of aryl methyl sites for hydroxylation is 1. The number of esters is 1. The van der Waals surface area contributed by atoms with Gasteiger partial charge in [-0.3, -0.25) is 9.59 Å². The number of unbranched alkanes of at least 4 members (excludes halogenated alkanes) is 1. The highest BCUT2D eigenvalue weighted by molar-refractivity contribution is 6.08. The van der Waals surface area contributed by atoms with Crippen molar-refractivity contribution in [2.24, 2.45) is 17.8 Å². The molecule has 0 bridgehead atoms. The lowest BCUT2D eigenvalue weighted by atomic mass is 9.73. The maximum absolute atomic E-state index is 17.0. The number of carbonyl (C=O) groups excluding carboxylic acids is 4. The standard InChI is InChI=1S/C43H66FN5O10/c1-13-30-42(9)33(49(39(54)59-42)21-16-15-19-31-46-28-18-17-20-45-37(28)47-31)26(5)32(50)24(3)23-40(7,55-12)36(27(6)34(51)41(8,44)38(53)56-30)58-43(10)35(52)29(48(11)14-2)22-25(4)57-43/h17-18,20,24-27,29-30,33,35-36,52H,13-16,19,21-23H2,1-12H3,(H,45,46,47)/t24-,25-,26+,27+,29+,30-,33-,35-,36-,40-,41+,42-,43+/m1/s1. The molecule has 0 spiro atoms. The summed E-state index contributed by atoms with van der Waals surface area (Å²) in [5, 5.41) is 11.8. The van der Waals surface area contributed by atoms with E-state index in [1.54, 1.807) is 47.7 Å². The first-order valence-corrected chi connectivity index (χ1v) is 21.1. The van der Waals surface area contributed by atoms with Crippen LogP contribution in [0.2, 0.25) is 0 Å². The quantitative estimate of drug-likeness (QED) is 0.168. The molecule has 2 N–H and O–H groups in total. The molecule has 3 saturated heterocycles. The Bertz CT molecular complexity index is 1810. The number of ether oxygens (including phenoxy) is 5. The van der Waals surface area contributed by atoms with E-state index in [0.29, 0.717) is 37.9 Å². The molecule has 1 amide bonds. The molecule has 0 unspecified atom stereocenters. The molecule has 2 aromatic heterocycles. The Morgan fingerprint density at radius 3 is 2.39 bits per heavy atom. The van der Waals surface area contributed by atoms with E-state index in [4.69, 9.17) is 23.7 Å². The summed E-state index contributed by atoms with van der Waals surface area (Å²) in [5.41, 5.74) is -4.82. The van der Waals surface area contributed by atoms with Gasteiger partial charge in [0.05, 0.1) is 29.4 Å². The fourth-order valence-electron chi connectivity index (χ4n) is 9.81. The maximum atomic E-state index is 17.0. The Kier molecular flexibility index (Phi) is 14.0. The van der Waals surface area contributed by atoms with Crippen molar-refractivity contribution >= 4 is 34.8 Å². The van der Waals surface area contributed by atoms with Crippen LogP contribution in [0.15, 0.2) is 18.3 Å². The molecule has 0 aromatic carbocycles. The number of imidazole rings is 1. The second-order valence-electron chi connectivity index (χ2n) is 17.8. The van der Waals surface area contributed by atoms with Crippen LogP contribution in [0.4, 0.5) is 9.18 Å². The normalized spacial score (nSPS) is 39.0. The highest BCUT2D eigenvalue weighted by atomic mass is 19.1. The number of nitrogens with zero attached hydrogens (tertiary/aromatic N) is 4. The molecule has 0 radical (unpaired) electrons. The van der Waals surface area contributed by atoms with Gasteiger partial charge in [-0.15, -0.1) is 0 Å². The Balaban J connectivity index is 1.50. The Hall–Kier alpha value is -3.57. The van der Waals surface area contributed by atoms with Gasteiger partial charge in [-0.25, -0.2) is 23.9 Å². The molecule has 15 nitrogen and oxygen atoms in total. The molecule has 5 heterocycles. The van der Waals surface area contributed by atoms with Crippen molar-refractivity contribution in [2.75, 3.05) is 27.2 Å². The first-order chi connectivity index (χ1) is 27.6. The lowest BCUT2D eigenvalue weighted by Crippen LogP contribution is -2.65. The molecule has 59 heavy (non-hydrogen) atoms. The van der Waals surface area contributed by atoms with Crippen molar-refractivity contribution in [1.82, 2.24) is 24.8 Å². The zero-order chi connectivity index (χ0) is 43.8. The van der Waals surface area contributed by atoms with E-state index in [0.717, 1.165) is 18.3 Å². The number of Topliss-reactive ketones (excluding diaryl/α,β-unsaturated/α-hetero) is 2. The lowest BCUT2D eigenvalue weighted by molar-refractivity contribution is -0.354. The minimum Gasteiger partial charge on any atom is -0.455 e. The number of aliphatic hydroxyl groups excluding tert-OH is 1. The van der Waals surface area contributed by atoms with Crippen molar-refractivity contribution < 1.29 is 52.4 Å². The van der Waals surface area contributed by atoms with Crippen molar-refractivity contribution in [3.05, 3.63) is 24.2 Å². The van der Waals surface area contributed by atoms with Crippen LogP contribution in [0, 0.1) is 17.8 Å². The van der Waals surface area contributed by atoms with Crippen LogP contribution in [0.5, 0.6) is 0 Å². The third-order valence-electron chi connectivity index (χ3n) is 13.3. The van der Waals surface area contributed by atoms with Crippen molar-refractivity contribution in [1.29, 1.82) is 0 Å². The van der Waals surface area contributed by atoms with Crippen LogP contribution in [0.1, 0.15) is 107 Å². The Morgan fingerprint density at radius 1 is 1.07 bits per heavy atom. The van der Waals surface area contributed by atoms with Crippen molar-refractivity contribution in [3.8, 4) is 0 Å². The molecule has 330 valence electrons. The summed E-state index contributed by atoms with van der Waals surface area (Å²) < 4.78 is 48.1. The molecular formula is C43H66FN5O10. The summed E-state index contributed by atoms with van der Waals surface area (Å²) in [6.07, 6.45) is -0.832. The molecular weight excluding hydrogens is 765 g/mol. The van der Waals surface area contributed by atoms with E-state index in [9.17, 15) is 24.3 Å². The third kappa shape index (κ3) is 8.93. The lowest BCUT2D eigenvalue weighted by Gasteiger charge is -2.52. The van der Waals surface area contributed by atoms with E-state index in [1.165, 1.54) is 18.9 Å². The second kappa shape index (κ2) is 17.8. The first kappa shape index (κ1) is 46.5. The van der Waals surface area contributed by atoms with Crippen molar-refractivity contribution in [2.45, 2.75) is 167 Å². The monoisotopic (exact) mass is 831 g/mol. The number of hydrogen-bond donors (Lipinski definition) is 2. The minimum atomic E-state index is -3.19. The van der Waals surface area contributed by atoms with Gasteiger partial charge in [0.2, 0.25) is 0 Å². The molecule has 0 saturated carbocycles. The predicted molar refractivity (Wildman–Crippen MR) is 216 cm³/mol. The van der Waals surface area contributed by atoms with Gasteiger partial charge in [0.1, 0.15) is 23.8 Å². The minimum absolute atomic E-state index is 0.00969. The summed E-state index contributed by atoms with van der Waals surface area (Å²) in [5.74, 6) is -6.78. The molecule has 3 aliphatic rings. The maximum Gasteiger partial charge on any atom is 0.410 e. The van der Waals surface area contributed by atoms with Gasteiger partial charge < -0.3 is 43.6 Å². The number of fused-ring (bicyclic) bond motifs is 2. The van der Waals surface area contributed by atoms with Crippen LogP contribution >= 0.6 is 0 Å². The number of alkyl halides is 1. The van der Waals surface area contributed by atoms with Crippen LogP contribution in [-0.2, 0) is 44.5 Å². The number of likely N-dealkylation sites (N-methyl/N-ethyl adjacent to an activating group) is 1. The number of aromatic nitrogens is 3. The smallest absolute Gasteiger partial charge is 0.410 e. The first-order valence-electron chi connectivity index (χ1n) is 21.1. The number of methoxy groups -OCH3 is 1. The number of H-pyrrole nitrogens is 1. The van der Waals surface area contributed by atoms with Crippen LogP contribution < -0.4 is 0 Å². The molecule has 13 atom stereocenters. The largest absolute Gasteiger partial charge is 0.455 e. The number of cyclic esters (lactones) is 1. The number of pyridine rings is 1. The number of hydrogen-bond acceptors (Lipinski definition) is 13. The number of aliphatic hydroxyl groups is 1. The number of halogens is 1. The predicted octanol–water partition coefficient (Wildman–Crippen LogP) is 5.36. The highest BCUT2D eigenvalue weighted by Crippen LogP contribution is 2.45. The van der Waals surface area contributed by atoms with Gasteiger partial charge in [0.25, 0.3) is 5.67 Å². The van der Waals surface area contributed by atoms with Gasteiger partial charge in [-0.1, -0.05) is 34.6 Å². The van der Waals surface area contributed by atoms with Gasteiger partial charge in [-0.05, 0) is 92.4 Å². The SMILES string of the molecule is CC[C@H]1OC(=O)[C@@](C)(F)C(=O)[C@H](C)[C@@H](O[C@]2(C)O[C@H](C)C[C@H](N(C)CC)[C@H]2O)[C@](C)(OC)C[C@@H](C)C(=O)[C@H](C)[C@H]2N(CCCCc3nc4ncccc4[nH]3)C(=O)O[C@]12C. The Labute approximate surface area is 347 Å². The zero-order valence-electron chi connectivity index (χ0n) is 36.9. The van der Waals surface area contributed by atoms with E-state index in [-0.39, 0.29) is 37.3 Å². The van der Waals surface area contributed by atoms with Crippen LogP contribution in [-0.4, -0.2) is 140 Å². The molecule has 0 aliphatic carbocycles. The van der Waals surface area contributed by atoms with E-state index >= 15 is 4.39 Å². The summed E-state index contributed by atoms with van der Waals surface area (Å²) in [6, 6.07) is 2.41. The topological polar surface area (TPSA) is 183 Å². The average Bonchev–Trinajstić information content (AvgIpc) is 3.73. The highest BCUT2D eigenvalue weighted by Gasteiger charge is 2.62. The Morgan fingerprint density at radius 2 is 1.76 bits per heavy atom. The van der Waals surface area contributed by atoms with Crippen molar-refractivity contribution in [3.63, 3.8) is 0 Å².